The van der Waals surface area contributed by atoms with Gasteiger partial charge in [0.05, 0.1) is 11.9 Å². The fourth-order valence-corrected chi connectivity index (χ4v) is 2.81. The van der Waals surface area contributed by atoms with Crippen molar-refractivity contribution in [3.05, 3.63) is 24.0 Å². The Kier molecular flexibility index (Phi) is 5.64. The fraction of sp³-hybridized carbons (Fsp3) is 0.688. The fourth-order valence-electron chi connectivity index (χ4n) is 2.81. The van der Waals surface area contributed by atoms with Crippen molar-refractivity contribution in [3.8, 4) is 5.75 Å². The van der Waals surface area contributed by atoms with Gasteiger partial charge in [-0.15, -0.1) is 0 Å². The van der Waals surface area contributed by atoms with Crippen LogP contribution in [0.3, 0.4) is 0 Å². The highest BCUT2D eigenvalue weighted by molar-refractivity contribution is 5.20. The summed E-state index contributed by atoms with van der Waals surface area (Å²) in [5.41, 5.74) is 1.07. The van der Waals surface area contributed by atoms with Crippen LogP contribution < -0.4 is 10.1 Å². The average molecular weight is 262 g/mol. The quantitative estimate of drug-likeness (QED) is 0.851. The lowest BCUT2D eigenvalue weighted by molar-refractivity contribution is 0.0900. The van der Waals surface area contributed by atoms with Crippen LogP contribution in [0.2, 0.25) is 0 Å². The van der Waals surface area contributed by atoms with Gasteiger partial charge in [0.2, 0.25) is 0 Å². The second kappa shape index (κ2) is 7.49. The molecule has 3 heteroatoms. The normalized spacial score (nSPS) is 23.3. The van der Waals surface area contributed by atoms with Crippen LogP contribution in [0.4, 0.5) is 0 Å². The SMILES string of the molecule is CCNCc1ccc(OC2CCCCC2CC)cn1. The Labute approximate surface area is 116 Å². The molecule has 0 amide bonds. The molecule has 0 radical (unpaired) electrons. The number of nitrogens with one attached hydrogen (secondary N) is 1. The van der Waals surface area contributed by atoms with Crippen LogP contribution in [0.5, 0.6) is 5.75 Å². The van der Waals surface area contributed by atoms with Crippen LogP contribution in [0.25, 0.3) is 0 Å². The van der Waals surface area contributed by atoms with Gasteiger partial charge in [0.25, 0.3) is 0 Å². The van der Waals surface area contributed by atoms with Crippen LogP contribution in [0.1, 0.15) is 51.6 Å². The van der Waals surface area contributed by atoms with Crippen molar-refractivity contribution in [2.45, 2.75) is 58.6 Å². The van der Waals surface area contributed by atoms with Crippen LogP contribution in [-0.4, -0.2) is 17.6 Å². The number of hydrogen-bond donors (Lipinski definition) is 1. The van der Waals surface area contributed by atoms with Gasteiger partial charge in [0, 0.05) is 6.54 Å². The smallest absolute Gasteiger partial charge is 0.138 e. The summed E-state index contributed by atoms with van der Waals surface area (Å²) >= 11 is 0. The molecule has 1 heterocycles. The minimum Gasteiger partial charge on any atom is -0.489 e. The van der Waals surface area contributed by atoms with Crippen molar-refractivity contribution in [1.82, 2.24) is 10.3 Å². The maximum absolute atomic E-state index is 6.14. The van der Waals surface area contributed by atoms with E-state index in [1.807, 2.05) is 6.20 Å². The minimum absolute atomic E-state index is 0.389. The van der Waals surface area contributed by atoms with Gasteiger partial charge in [0.1, 0.15) is 11.9 Å². The number of rotatable bonds is 6. The lowest BCUT2D eigenvalue weighted by Crippen LogP contribution is -2.29. The van der Waals surface area contributed by atoms with Crippen molar-refractivity contribution >= 4 is 0 Å². The standard InChI is InChI=1S/C16H26N2O/c1-3-13-7-5-6-8-16(13)19-15-10-9-14(18-12-15)11-17-4-2/h9-10,12-13,16-17H,3-8,11H2,1-2H3. The van der Waals surface area contributed by atoms with Crippen LogP contribution in [-0.2, 0) is 6.54 Å². The van der Waals surface area contributed by atoms with Crippen molar-refractivity contribution < 1.29 is 4.74 Å². The van der Waals surface area contributed by atoms with Crippen molar-refractivity contribution in [1.29, 1.82) is 0 Å². The monoisotopic (exact) mass is 262 g/mol. The number of aromatic nitrogens is 1. The molecule has 1 fully saturated rings. The van der Waals surface area contributed by atoms with Crippen molar-refractivity contribution in [3.63, 3.8) is 0 Å². The highest BCUT2D eigenvalue weighted by Crippen LogP contribution is 2.30. The molecule has 1 aromatic heterocycles. The summed E-state index contributed by atoms with van der Waals surface area (Å²) in [5.74, 6) is 1.64. The Morgan fingerprint density at radius 3 is 2.79 bits per heavy atom. The van der Waals surface area contributed by atoms with E-state index in [1.54, 1.807) is 0 Å². The summed E-state index contributed by atoms with van der Waals surface area (Å²) in [6.45, 7) is 6.17. The Morgan fingerprint density at radius 1 is 1.26 bits per heavy atom. The van der Waals surface area contributed by atoms with E-state index in [-0.39, 0.29) is 0 Å². The first-order chi connectivity index (χ1) is 9.33. The first kappa shape index (κ1) is 14.3. The largest absolute Gasteiger partial charge is 0.489 e. The summed E-state index contributed by atoms with van der Waals surface area (Å²) in [6.07, 6.45) is 8.64. The molecule has 1 aliphatic carbocycles. The molecule has 2 unspecified atom stereocenters. The molecule has 1 N–H and O–H groups in total. The van der Waals surface area contributed by atoms with Crippen molar-refractivity contribution in [2.75, 3.05) is 6.54 Å². The average Bonchev–Trinajstić information content (AvgIpc) is 2.47. The molecule has 1 aromatic rings. The summed E-state index contributed by atoms with van der Waals surface area (Å²) in [5, 5.41) is 3.28. The van der Waals surface area contributed by atoms with Crippen LogP contribution in [0.15, 0.2) is 18.3 Å². The van der Waals surface area contributed by atoms with Gasteiger partial charge in [-0.3, -0.25) is 4.98 Å². The molecule has 19 heavy (non-hydrogen) atoms. The molecule has 0 aliphatic heterocycles. The summed E-state index contributed by atoms with van der Waals surface area (Å²) in [7, 11) is 0. The molecular weight excluding hydrogens is 236 g/mol. The van der Waals surface area contributed by atoms with E-state index in [9.17, 15) is 0 Å². The number of ether oxygens (including phenoxy) is 1. The van der Waals surface area contributed by atoms with Crippen LogP contribution in [0, 0.1) is 5.92 Å². The van der Waals surface area contributed by atoms with E-state index < -0.39 is 0 Å². The predicted octanol–water partition coefficient (Wildman–Crippen LogP) is 3.54. The highest BCUT2D eigenvalue weighted by Gasteiger charge is 2.25. The predicted molar refractivity (Wildman–Crippen MR) is 78.3 cm³/mol. The summed E-state index contributed by atoms with van der Waals surface area (Å²) in [6, 6.07) is 4.11. The van der Waals surface area contributed by atoms with Gasteiger partial charge < -0.3 is 10.1 Å². The highest BCUT2D eigenvalue weighted by atomic mass is 16.5. The molecule has 3 nitrogen and oxygen atoms in total. The zero-order chi connectivity index (χ0) is 13.5. The number of pyridine rings is 1. The molecule has 0 aromatic carbocycles. The van der Waals surface area contributed by atoms with E-state index in [1.165, 1.54) is 32.1 Å². The van der Waals surface area contributed by atoms with Gasteiger partial charge in [-0.1, -0.05) is 20.3 Å². The third-order valence-corrected chi connectivity index (χ3v) is 4.00. The Hall–Kier alpha value is -1.09. The maximum atomic E-state index is 6.14. The molecule has 2 rings (SSSR count). The summed E-state index contributed by atoms with van der Waals surface area (Å²) in [4.78, 5) is 4.45. The Balaban J connectivity index is 1.90. The molecule has 1 aliphatic rings. The van der Waals surface area contributed by atoms with Crippen LogP contribution >= 0.6 is 0 Å². The number of nitrogens with zero attached hydrogens (tertiary/aromatic N) is 1. The molecule has 0 bridgehead atoms. The maximum Gasteiger partial charge on any atom is 0.138 e. The van der Waals surface area contributed by atoms with Crippen molar-refractivity contribution in [2.24, 2.45) is 5.92 Å². The lowest BCUT2D eigenvalue weighted by atomic mass is 9.85. The van der Waals surface area contributed by atoms with E-state index in [0.717, 1.165) is 30.5 Å². The van der Waals surface area contributed by atoms with Gasteiger partial charge in [0.15, 0.2) is 0 Å². The summed E-state index contributed by atoms with van der Waals surface area (Å²) < 4.78 is 6.14. The van der Waals surface area contributed by atoms with Gasteiger partial charge >= 0.3 is 0 Å². The number of hydrogen-bond acceptors (Lipinski definition) is 3. The first-order valence-corrected chi connectivity index (χ1v) is 7.65. The third-order valence-electron chi connectivity index (χ3n) is 4.00. The van der Waals surface area contributed by atoms with E-state index in [0.29, 0.717) is 6.10 Å². The first-order valence-electron chi connectivity index (χ1n) is 7.65. The minimum atomic E-state index is 0.389. The van der Waals surface area contributed by atoms with E-state index in [4.69, 9.17) is 4.74 Å². The molecule has 1 saturated carbocycles. The van der Waals surface area contributed by atoms with E-state index in [2.05, 4.69) is 36.3 Å². The Bertz CT molecular complexity index is 364. The zero-order valence-electron chi connectivity index (χ0n) is 12.2. The molecule has 2 atom stereocenters. The van der Waals surface area contributed by atoms with Gasteiger partial charge in [-0.05, 0) is 50.3 Å². The second-order valence-electron chi connectivity index (χ2n) is 5.37. The van der Waals surface area contributed by atoms with Gasteiger partial charge in [-0.2, -0.15) is 0 Å². The second-order valence-corrected chi connectivity index (χ2v) is 5.37. The lowest BCUT2D eigenvalue weighted by Gasteiger charge is -2.31. The topological polar surface area (TPSA) is 34.1 Å². The molecular formula is C16H26N2O. The molecule has 106 valence electrons. The Morgan fingerprint density at radius 2 is 2.11 bits per heavy atom. The molecule has 0 spiro atoms. The molecule has 0 saturated heterocycles. The van der Waals surface area contributed by atoms with E-state index >= 15 is 0 Å². The van der Waals surface area contributed by atoms with Gasteiger partial charge in [-0.25, -0.2) is 0 Å². The zero-order valence-corrected chi connectivity index (χ0v) is 12.2. The third kappa shape index (κ3) is 4.20.